The summed E-state index contributed by atoms with van der Waals surface area (Å²) in [5.74, 6) is 0.527. The molecule has 0 radical (unpaired) electrons. The minimum atomic E-state index is -0.315. The van der Waals surface area contributed by atoms with Crippen LogP contribution in [0.15, 0.2) is 30.3 Å². The summed E-state index contributed by atoms with van der Waals surface area (Å²) >= 11 is 0. The van der Waals surface area contributed by atoms with E-state index in [1.807, 2.05) is 34.1 Å². The summed E-state index contributed by atoms with van der Waals surface area (Å²) in [5.41, 5.74) is 6.07. The fourth-order valence-corrected chi connectivity index (χ4v) is 6.27. The lowest BCUT2D eigenvalue weighted by Gasteiger charge is -2.39. The molecule has 156 valence electrons. The van der Waals surface area contributed by atoms with Crippen molar-refractivity contribution in [2.75, 3.05) is 25.4 Å². The van der Waals surface area contributed by atoms with E-state index >= 15 is 0 Å². The fraction of sp³-hybridized carbons (Fsp3) is 0.522. The summed E-state index contributed by atoms with van der Waals surface area (Å²) in [6.45, 7) is 1.88. The number of ether oxygens (including phenoxy) is 1. The Morgan fingerprint density at radius 1 is 1.13 bits per heavy atom. The van der Waals surface area contributed by atoms with Crippen LogP contribution in [0.2, 0.25) is 0 Å². The smallest absolute Gasteiger partial charge is 0.273 e. The van der Waals surface area contributed by atoms with Gasteiger partial charge in [0.1, 0.15) is 11.5 Å². The quantitative estimate of drug-likeness (QED) is 0.826. The number of carbonyl (C=O) groups is 2. The average Bonchev–Trinajstić information content (AvgIpc) is 3.51. The van der Waals surface area contributed by atoms with Gasteiger partial charge in [-0.3, -0.25) is 9.59 Å². The van der Waals surface area contributed by atoms with Crippen LogP contribution in [0.25, 0.3) is 10.8 Å². The number of nitrogens with two attached hydrogens (primary N) is 1. The highest BCUT2D eigenvalue weighted by Gasteiger charge is 2.58. The number of hydrogen-bond donors (Lipinski definition) is 1. The number of pyridine rings is 1. The molecule has 1 aliphatic carbocycles. The number of rotatable bonds is 2. The zero-order valence-corrected chi connectivity index (χ0v) is 16.9. The molecule has 4 fully saturated rings. The molecule has 1 aromatic heterocycles. The Balaban J connectivity index is 1.24. The van der Waals surface area contributed by atoms with Gasteiger partial charge in [-0.05, 0) is 43.6 Å². The van der Waals surface area contributed by atoms with Gasteiger partial charge in [-0.1, -0.05) is 24.3 Å². The summed E-state index contributed by atoms with van der Waals surface area (Å²) in [5, 5.41) is 1.74. The molecule has 30 heavy (non-hydrogen) atoms. The van der Waals surface area contributed by atoms with Gasteiger partial charge in [0, 0.05) is 25.1 Å². The number of carbonyl (C=O) groups excluding carboxylic acids is 2. The Kier molecular flexibility index (Phi) is 3.87. The molecule has 0 spiro atoms. The Bertz CT molecular complexity index is 1040. The van der Waals surface area contributed by atoms with Crippen molar-refractivity contribution in [1.29, 1.82) is 0 Å². The summed E-state index contributed by atoms with van der Waals surface area (Å²) in [7, 11) is 0. The predicted molar refractivity (Wildman–Crippen MR) is 112 cm³/mol. The Morgan fingerprint density at radius 3 is 2.77 bits per heavy atom. The van der Waals surface area contributed by atoms with Gasteiger partial charge < -0.3 is 20.3 Å². The SMILES string of the molecule is Nc1cc2ccccc2c(C(=O)N2C[C@@H]3C[C@H]2CN3C(=O)[C@]23CCC[C@H]2OCC3)n1. The van der Waals surface area contributed by atoms with Crippen LogP contribution in [0.4, 0.5) is 5.82 Å². The molecule has 1 saturated carbocycles. The first-order chi connectivity index (χ1) is 14.6. The molecule has 7 nitrogen and oxygen atoms in total. The zero-order chi connectivity index (χ0) is 20.5. The van der Waals surface area contributed by atoms with Crippen molar-refractivity contribution in [1.82, 2.24) is 14.8 Å². The van der Waals surface area contributed by atoms with Crippen molar-refractivity contribution in [3.8, 4) is 0 Å². The summed E-state index contributed by atoms with van der Waals surface area (Å²) < 4.78 is 5.88. The number of aromatic nitrogens is 1. The fourth-order valence-electron chi connectivity index (χ4n) is 6.27. The van der Waals surface area contributed by atoms with Crippen molar-refractivity contribution >= 4 is 28.4 Å². The highest BCUT2D eigenvalue weighted by Crippen LogP contribution is 2.50. The molecule has 4 heterocycles. The van der Waals surface area contributed by atoms with Crippen LogP contribution in [0.3, 0.4) is 0 Å². The second kappa shape index (κ2) is 6.41. The largest absolute Gasteiger partial charge is 0.384 e. The zero-order valence-electron chi connectivity index (χ0n) is 16.9. The van der Waals surface area contributed by atoms with Gasteiger partial charge in [-0.2, -0.15) is 0 Å². The molecule has 2 aromatic rings. The maximum Gasteiger partial charge on any atom is 0.273 e. The van der Waals surface area contributed by atoms with Gasteiger partial charge in [-0.15, -0.1) is 0 Å². The molecule has 3 aliphatic heterocycles. The van der Waals surface area contributed by atoms with Crippen molar-refractivity contribution in [3.05, 3.63) is 36.0 Å². The molecular weight excluding hydrogens is 380 g/mol. The molecule has 4 aliphatic rings. The summed E-state index contributed by atoms with van der Waals surface area (Å²) in [4.78, 5) is 35.2. The Morgan fingerprint density at radius 2 is 1.93 bits per heavy atom. The topological polar surface area (TPSA) is 88.8 Å². The lowest BCUT2D eigenvalue weighted by atomic mass is 9.81. The van der Waals surface area contributed by atoms with Gasteiger partial charge in [0.2, 0.25) is 5.91 Å². The highest BCUT2D eigenvalue weighted by atomic mass is 16.5. The van der Waals surface area contributed by atoms with E-state index in [-0.39, 0.29) is 35.4 Å². The van der Waals surface area contributed by atoms with Crippen molar-refractivity contribution in [2.24, 2.45) is 5.41 Å². The molecule has 2 N–H and O–H groups in total. The number of fused-ring (bicyclic) bond motifs is 4. The number of nitrogens with zero attached hydrogens (tertiary/aromatic N) is 3. The number of benzene rings is 1. The van der Waals surface area contributed by atoms with E-state index < -0.39 is 0 Å². The van der Waals surface area contributed by atoms with E-state index in [9.17, 15) is 9.59 Å². The van der Waals surface area contributed by atoms with Gasteiger partial charge >= 0.3 is 0 Å². The third-order valence-electron chi connectivity index (χ3n) is 7.72. The van der Waals surface area contributed by atoms with Crippen molar-refractivity contribution in [3.63, 3.8) is 0 Å². The minimum Gasteiger partial charge on any atom is -0.384 e. The van der Waals surface area contributed by atoms with Crippen LogP contribution in [0.5, 0.6) is 0 Å². The highest BCUT2D eigenvalue weighted by molar-refractivity contribution is 6.06. The van der Waals surface area contributed by atoms with Crippen LogP contribution >= 0.6 is 0 Å². The van der Waals surface area contributed by atoms with E-state index in [0.29, 0.717) is 31.2 Å². The number of amides is 2. The lowest BCUT2D eigenvalue weighted by Crippen LogP contribution is -2.55. The molecule has 2 bridgehead atoms. The summed E-state index contributed by atoms with van der Waals surface area (Å²) in [6.07, 6.45) is 4.77. The van der Waals surface area contributed by atoms with Crippen LogP contribution < -0.4 is 5.73 Å². The lowest BCUT2D eigenvalue weighted by molar-refractivity contribution is -0.146. The Hall–Kier alpha value is -2.67. The second-order valence-electron chi connectivity index (χ2n) is 9.23. The van der Waals surface area contributed by atoms with Gasteiger partial charge in [0.05, 0.1) is 23.6 Å². The molecule has 6 rings (SSSR count). The summed E-state index contributed by atoms with van der Waals surface area (Å²) in [6, 6.07) is 9.64. The van der Waals surface area contributed by atoms with E-state index in [2.05, 4.69) is 4.98 Å². The predicted octanol–water partition coefficient (Wildman–Crippen LogP) is 2.20. The van der Waals surface area contributed by atoms with Crippen LogP contribution in [-0.4, -0.2) is 64.5 Å². The van der Waals surface area contributed by atoms with Gasteiger partial charge in [0.25, 0.3) is 5.91 Å². The molecule has 0 unspecified atom stereocenters. The molecule has 3 saturated heterocycles. The number of anilines is 1. The van der Waals surface area contributed by atoms with Crippen LogP contribution in [0, 0.1) is 5.41 Å². The standard InChI is InChI=1S/C23H26N4O3/c24-19-10-14-4-1-2-5-17(14)20(25-19)21(28)26-12-16-11-15(26)13-27(16)22(29)23-7-3-6-18(23)30-9-8-23/h1-2,4-5,10,15-16,18H,3,6-9,11-13H2,(H2,24,25)/t15-,16-,18+,23-/m0/s1. The van der Waals surface area contributed by atoms with Gasteiger partial charge in [0.15, 0.2) is 0 Å². The normalized spacial score (nSPS) is 32.2. The molecule has 2 amide bonds. The molecule has 1 aromatic carbocycles. The number of hydrogen-bond acceptors (Lipinski definition) is 5. The van der Waals surface area contributed by atoms with Gasteiger partial charge in [-0.25, -0.2) is 4.98 Å². The van der Waals surface area contributed by atoms with Crippen molar-refractivity contribution < 1.29 is 14.3 Å². The van der Waals surface area contributed by atoms with E-state index in [0.717, 1.165) is 42.9 Å². The van der Waals surface area contributed by atoms with Crippen LogP contribution in [0.1, 0.15) is 42.6 Å². The minimum absolute atomic E-state index is 0.0482. The Labute approximate surface area is 175 Å². The first-order valence-corrected chi connectivity index (χ1v) is 11.0. The van der Waals surface area contributed by atoms with Crippen molar-refractivity contribution in [2.45, 2.75) is 50.3 Å². The first-order valence-electron chi connectivity index (χ1n) is 11.0. The first kappa shape index (κ1) is 18.1. The van der Waals surface area contributed by atoms with E-state index in [4.69, 9.17) is 10.5 Å². The monoisotopic (exact) mass is 406 g/mol. The molecule has 4 atom stereocenters. The maximum atomic E-state index is 13.5. The van der Waals surface area contributed by atoms with E-state index in [1.54, 1.807) is 6.07 Å². The third-order valence-corrected chi connectivity index (χ3v) is 7.72. The second-order valence-corrected chi connectivity index (χ2v) is 9.23. The average molecular weight is 406 g/mol. The number of nitrogen functional groups attached to an aromatic ring is 1. The maximum absolute atomic E-state index is 13.5. The van der Waals surface area contributed by atoms with E-state index in [1.165, 1.54) is 0 Å². The molecule has 7 heteroatoms. The molecular formula is C23H26N4O3. The number of likely N-dealkylation sites (tertiary alicyclic amines) is 2. The number of piperazine rings is 1. The van der Waals surface area contributed by atoms with Crippen LogP contribution in [-0.2, 0) is 9.53 Å². The third kappa shape index (κ3) is 2.44.